The van der Waals surface area contributed by atoms with Gasteiger partial charge in [-0.3, -0.25) is 4.79 Å². The molecule has 0 aliphatic carbocycles. The summed E-state index contributed by atoms with van der Waals surface area (Å²) in [5.41, 5.74) is 1.20. The van der Waals surface area contributed by atoms with Crippen molar-refractivity contribution < 1.29 is 18.3 Å². The molecule has 0 saturated carbocycles. The summed E-state index contributed by atoms with van der Waals surface area (Å²) in [6.07, 6.45) is 1.15. The topological polar surface area (TPSA) is 99.1 Å². The highest BCUT2D eigenvalue weighted by molar-refractivity contribution is 7.90. The molecule has 0 radical (unpaired) electrons. The second kappa shape index (κ2) is 8.09. The molecule has 0 spiro atoms. The Morgan fingerprint density at radius 1 is 1.06 bits per heavy atom. The number of amides is 1. The quantitative estimate of drug-likeness (QED) is 0.715. The molecule has 2 aliphatic rings. The lowest BCUT2D eigenvalue weighted by molar-refractivity contribution is -0.127. The number of aliphatic hydroxyl groups is 1. The summed E-state index contributed by atoms with van der Waals surface area (Å²) < 4.78 is 29.3. The monoisotopic (exact) mass is 453 g/mol. The van der Waals surface area contributed by atoms with Gasteiger partial charge in [0.25, 0.3) is 15.9 Å². The SMILES string of the molecule is CC(C)(C)CCN1C(=O)C(C2=NS(=O)(=O)c3ccccc3N2)=C(O)[C@@H]1Cc1ccccc1. The van der Waals surface area contributed by atoms with E-state index in [-0.39, 0.29) is 27.5 Å². The highest BCUT2D eigenvalue weighted by Gasteiger charge is 2.43. The van der Waals surface area contributed by atoms with E-state index in [1.54, 1.807) is 23.1 Å². The van der Waals surface area contributed by atoms with E-state index < -0.39 is 22.0 Å². The fraction of sp³-hybridized carbons (Fsp3) is 0.333. The summed E-state index contributed by atoms with van der Waals surface area (Å²) in [5, 5.41) is 14.1. The zero-order chi connectivity index (χ0) is 23.1. The molecule has 7 nitrogen and oxygen atoms in total. The molecule has 0 unspecified atom stereocenters. The average molecular weight is 454 g/mol. The van der Waals surface area contributed by atoms with Gasteiger partial charge < -0.3 is 15.3 Å². The van der Waals surface area contributed by atoms with E-state index >= 15 is 0 Å². The van der Waals surface area contributed by atoms with E-state index in [4.69, 9.17) is 0 Å². The molecular formula is C24H27N3O4S. The number of hydrogen-bond donors (Lipinski definition) is 2. The number of carbonyl (C=O) groups is 1. The van der Waals surface area contributed by atoms with E-state index in [0.717, 1.165) is 12.0 Å². The molecule has 2 N–H and O–H groups in total. The van der Waals surface area contributed by atoms with E-state index in [1.165, 1.54) is 6.07 Å². The maximum atomic E-state index is 13.4. The number of benzene rings is 2. The molecule has 4 rings (SSSR count). The van der Waals surface area contributed by atoms with Crippen molar-refractivity contribution in [2.24, 2.45) is 9.81 Å². The zero-order valence-electron chi connectivity index (χ0n) is 18.4. The predicted molar refractivity (Wildman–Crippen MR) is 124 cm³/mol. The molecule has 8 heteroatoms. The lowest BCUT2D eigenvalue weighted by Gasteiger charge is -2.29. The van der Waals surface area contributed by atoms with Gasteiger partial charge in [0.2, 0.25) is 0 Å². The third-order valence-corrected chi connectivity index (χ3v) is 7.00. The number of nitrogens with zero attached hydrogens (tertiary/aromatic N) is 2. The van der Waals surface area contributed by atoms with Crippen LogP contribution in [0, 0.1) is 5.41 Å². The van der Waals surface area contributed by atoms with Gasteiger partial charge >= 0.3 is 0 Å². The number of fused-ring (bicyclic) bond motifs is 1. The molecule has 32 heavy (non-hydrogen) atoms. The van der Waals surface area contributed by atoms with Crippen molar-refractivity contribution in [2.45, 2.75) is 44.6 Å². The molecule has 2 heterocycles. The first kappa shape index (κ1) is 22.1. The number of nitrogens with one attached hydrogen (secondary N) is 1. The van der Waals surface area contributed by atoms with Crippen molar-refractivity contribution in [3.63, 3.8) is 0 Å². The van der Waals surface area contributed by atoms with Crippen LogP contribution in [0.4, 0.5) is 5.69 Å². The predicted octanol–water partition coefficient (Wildman–Crippen LogP) is 3.90. The summed E-state index contributed by atoms with van der Waals surface area (Å²) in [6, 6.07) is 15.4. The zero-order valence-corrected chi connectivity index (χ0v) is 19.2. The lowest BCUT2D eigenvalue weighted by atomic mass is 9.92. The van der Waals surface area contributed by atoms with Gasteiger partial charge in [0.1, 0.15) is 16.2 Å². The number of hydrogen-bond acceptors (Lipinski definition) is 5. The summed E-state index contributed by atoms with van der Waals surface area (Å²) in [6.45, 7) is 6.70. The van der Waals surface area contributed by atoms with Crippen LogP contribution in [0.15, 0.2) is 75.2 Å². The van der Waals surface area contributed by atoms with Crippen LogP contribution >= 0.6 is 0 Å². The van der Waals surface area contributed by atoms with Crippen LogP contribution in [0.25, 0.3) is 0 Å². The molecule has 0 saturated heterocycles. The third kappa shape index (κ3) is 4.27. The largest absolute Gasteiger partial charge is 0.509 e. The van der Waals surface area contributed by atoms with Crippen molar-refractivity contribution in [1.82, 2.24) is 4.90 Å². The van der Waals surface area contributed by atoms with E-state index in [2.05, 4.69) is 30.5 Å². The van der Waals surface area contributed by atoms with E-state index in [9.17, 15) is 18.3 Å². The van der Waals surface area contributed by atoms with Gasteiger partial charge in [0.15, 0.2) is 5.84 Å². The molecular weight excluding hydrogens is 426 g/mol. The maximum absolute atomic E-state index is 13.4. The van der Waals surface area contributed by atoms with Gasteiger partial charge in [0.05, 0.1) is 11.7 Å². The Labute approximate surface area is 188 Å². The summed E-state index contributed by atoms with van der Waals surface area (Å²) in [5.74, 6) is -0.718. The Hall–Kier alpha value is -3.13. The molecule has 2 aromatic carbocycles. The summed E-state index contributed by atoms with van der Waals surface area (Å²) in [4.78, 5) is 15.1. The second-order valence-electron chi connectivity index (χ2n) is 9.31. The molecule has 2 aromatic rings. The summed E-state index contributed by atoms with van der Waals surface area (Å²) >= 11 is 0. The Morgan fingerprint density at radius 2 is 1.72 bits per heavy atom. The van der Waals surface area contributed by atoms with Gasteiger partial charge in [-0.25, -0.2) is 0 Å². The molecule has 2 aliphatic heterocycles. The highest BCUT2D eigenvalue weighted by atomic mass is 32.2. The molecule has 1 atom stereocenters. The van der Waals surface area contributed by atoms with Crippen molar-refractivity contribution >= 4 is 27.5 Å². The Kier molecular flexibility index (Phi) is 5.58. The first-order valence-corrected chi connectivity index (χ1v) is 12.0. The number of sulfonamides is 1. The number of carbonyl (C=O) groups excluding carboxylic acids is 1. The maximum Gasteiger partial charge on any atom is 0.286 e. The van der Waals surface area contributed by atoms with Crippen molar-refractivity contribution in [1.29, 1.82) is 0 Å². The average Bonchev–Trinajstić information content (AvgIpc) is 2.95. The Morgan fingerprint density at radius 3 is 2.41 bits per heavy atom. The normalized spacial score (nSPS) is 20.1. The van der Waals surface area contributed by atoms with Crippen LogP contribution in [-0.4, -0.2) is 42.8 Å². The number of amidine groups is 1. The highest BCUT2D eigenvalue weighted by Crippen LogP contribution is 2.34. The Bertz CT molecular complexity index is 1210. The summed E-state index contributed by atoms with van der Waals surface area (Å²) in [7, 11) is -4.00. The number of para-hydroxylation sites is 1. The number of anilines is 1. The van der Waals surface area contributed by atoms with E-state index in [0.29, 0.717) is 18.7 Å². The van der Waals surface area contributed by atoms with Crippen molar-refractivity contribution in [3.8, 4) is 0 Å². The number of rotatable bonds is 5. The third-order valence-electron chi connectivity index (χ3n) is 5.66. The van der Waals surface area contributed by atoms with Gasteiger partial charge in [-0.1, -0.05) is 63.2 Å². The van der Waals surface area contributed by atoms with Crippen LogP contribution in [-0.2, 0) is 21.2 Å². The Balaban J connectivity index is 1.74. The van der Waals surface area contributed by atoms with Gasteiger partial charge in [0, 0.05) is 13.0 Å². The first-order chi connectivity index (χ1) is 15.1. The van der Waals surface area contributed by atoms with Crippen LogP contribution in [0.3, 0.4) is 0 Å². The second-order valence-corrected chi connectivity index (χ2v) is 10.9. The molecule has 0 fully saturated rings. The molecule has 1 amide bonds. The minimum absolute atomic E-state index is 0.0150. The fourth-order valence-corrected chi connectivity index (χ4v) is 5.03. The van der Waals surface area contributed by atoms with Crippen LogP contribution < -0.4 is 5.32 Å². The van der Waals surface area contributed by atoms with Crippen LogP contribution in [0.5, 0.6) is 0 Å². The van der Waals surface area contributed by atoms with Gasteiger partial charge in [-0.05, 0) is 29.5 Å². The van der Waals surface area contributed by atoms with Crippen molar-refractivity contribution in [3.05, 3.63) is 71.5 Å². The smallest absolute Gasteiger partial charge is 0.286 e. The van der Waals surface area contributed by atoms with Crippen LogP contribution in [0.2, 0.25) is 0 Å². The van der Waals surface area contributed by atoms with Gasteiger partial charge in [-0.2, -0.15) is 8.42 Å². The number of aliphatic hydroxyl groups excluding tert-OH is 1. The minimum Gasteiger partial charge on any atom is -0.509 e. The molecule has 168 valence electrons. The molecule has 0 aromatic heterocycles. The van der Waals surface area contributed by atoms with Crippen LogP contribution in [0.1, 0.15) is 32.8 Å². The fourth-order valence-electron chi connectivity index (χ4n) is 3.91. The van der Waals surface area contributed by atoms with E-state index in [1.807, 2.05) is 30.3 Å². The first-order valence-electron chi connectivity index (χ1n) is 10.6. The minimum atomic E-state index is -4.00. The van der Waals surface area contributed by atoms with Gasteiger partial charge in [-0.15, -0.1) is 4.40 Å². The molecule has 0 bridgehead atoms. The standard InChI is InChI=1S/C24H27N3O4S/c1-24(2,3)13-14-27-18(15-16-9-5-4-6-10-16)21(28)20(23(27)29)22-25-17-11-7-8-12-19(17)32(30,31)26-22/h4-12,18,28H,13-15H2,1-3H3,(H,25,26)/t18-/m0/s1. The van der Waals surface area contributed by atoms with Crippen molar-refractivity contribution in [2.75, 3.05) is 11.9 Å². The lowest BCUT2D eigenvalue weighted by Crippen LogP contribution is -2.40.